The normalized spacial score (nSPS) is 21.5. The second-order valence-corrected chi connectivity index (χ2v) is 23.1. The minimum Gasteiger partial charge on any atom is -0.497 e. The maximum atomic E-state index is 13.6. The lowest BCUT2D eigenvalue weighted by Crippen LogP contribution is -2.52. The van der Waals surface area contributed by atoms with Crippen LogP contribution in [-0.4, -0.2) is 106 Å². The van der Waals surface area contributed by atoms with Gasteiger partial charge in [-0.25, -0.2) is 14.3 Å². The molecule has 5 aromatic rings. The van der Waals surface area contributed by atoms with Gasteiger partial charge in [0, 0.05) is 48.4 Å². The predicted molar refractivity (Wildman–Crippen MR) is 289 cm³/mol. The van der Waals surface area contributed by atoms with Crippen LogP contribution in [0.5, 0.6) is 11.5 Å². The SMILES string of the molecule is C=CCOP(O[C@H]1C[C@H](n2cc(C)c(=O)[nH]c2=O)O[C@@H]1COP(=S)(OCC=C)O[C@H]1C[C@H](n2cc(C)c(=O)[nH]c2=O)O[C@@H]1C(O)C(c1ccccc1)(c1ccc(OC)cc1)c1ccc(OC)cc1)N(C(C)C)C(C)C. The molecule has 404 valence electrons. The summed E-state index contributed by atoms with van der Waals surface area (Å²) in [7, 11) is 1.38. The van der Waals surface area contributed by atoms with Gasteiger partial charge in [-0.2, -0.15) is 0 Å². The highest BCUT2D eigenvalue weighted by Gasteiger charge is 2.54. The number of nitrogens with one attached hydrogen (secondary N) is 2. The third-order valence-electron chi connectivity index (χ3n) is 13.1. The molecule has 2 aliphatic heterocycles. The van der Waals surface area contributed by atoms with E-state index in [1.54, 1.807) is 58.4 Å². The van der Waals surface area contributed by atoms with Crippen LogP contribution < -0.4 is 32.0 Å². The number of nitrogens with zero attached hydrogens (tertiary/aromatic N) is 3. The number of hydrogen-bond donors (Lipinski definition) is 3. The van der Waals surface area contributed by atoms with Crippen molar-refractivity contribution in [2.24, 2.45) is 0 Å². The number of benzene rings is 3. The van der Waals surface area contributed by atoms with Crippen LogP contribution in [0.3, 0.4) is 0 Å². The predicted octanol–water partition coefficient (Wildman–Crippen LogP) is 7.45. The number of hydrogen-bond acceptors (Lipinski definition) is 16. The smallest absolute Gasteiger partial charge is 0.330 e. The van der Waals surface area contributed by atoms with Crippen molar-refractivity contribution in [2.75, 3.05) is 34.0 Å². The van der Waals surface area contributed by atoms with E-state index in [0.717, 1.165) is 0 Å². The number of aromatic nitrogens is 4. The first-order valence-corrected chi connectivity index (χ1v) is 28.2. The lowest BCUT2D eigenvalue weighted by atomic mass is 9.64. The van der Waals surface area contributed by atoms with E-state index in [0.29, 0.717) is 33.8 Å². The fraction of sp³-hybridized carbons (Fsp3) is 0.434. The maximum absolute atomic E-state index is 13.6. The van der Waals surface area contributed by atoms with E-state index in [-0.39, 0.29) is 50.3 Å². The Balaban J connectivity index is 1.32. The number of rotatable bonds is 25. The van der Waals surface area contributed by atoms with E-state index >= 15 is 0 Å². The third kappa shape index (κ3) is 12.8. The second-order valence-electron chi connectivity index (χ2n) is 18.7. The number of aryl methyl sites for hydroxylation is 2. The quantitative estimate of drug-likeness (QED) is 0.0294. The Morgan fingerprint density at radius 3 is 1.75 bits per heavy atom. The Labute approximate surface area is 442 Å². The average molecular weight is 1090 g/mol. The molecule has 4 heterocycles. The number of aliphatic hydroxyl groups excluding tert-OH is 1. The Morgan fingerprint density at radius 2 is 1.25 bits per heavy atom. The van der Waals surface area contributed by atoms with Crippen molar-refractivity contribution in [3.63, 3.8) is 0 Å². The van der Waals surface area contributed by atoms with Gasteiger partial charge in [0.25, 0.3) is 19.6 Å². The molecule has 0 aliphatic carbocycles. The molecule has 7 rings (SSSR count). The van der Waals surface area contributed by atoms with E-state index in [9.17, 15) is 24.3 Å². The van der Waals surface area contributed by atoms with Crippen molar-refractivity contribution >= 4 is 27.1 Å². The topological polar surface area (TPSA) is 216 Å². The van der Waals surface area contributed by atoms with Crippen LogP contribution in [0.4, 0.5) is 0 Å². The molecule has 0 bridgehead atoms. The van der Waals surface area contributed by atoms with E-state index in [4.69, 9.17) is 53.4 Å². The fourth-order valence-electron chi connectivity index (χ4n) is 9.55. The molecule has 3 aromatic carbocycles. The van der Waals surface area contributed by atoms with Gasteiger partial charge in [0.2, 0.25) is 0 Å². The van der Waals surface area contributed by atoms with Crippen LogP contribution in [0, 0.1) is 13.8 Å². The zero-order valence-corrected chi connectivity index (χ0v) is 46.0. The molecule has 0 saturated carbocycles. The van der Waals surface area contributed by atoms with Gasteiger partial charge in [0.05, 0.1) is 45.6 Å². The molecule has 2 saturated heterocycles. The number of H-pyrrole nitrogens is 2. The zero-order valence-electron chi connectivity index (χ0n) is 43.4. The molecule has 22 heteroatoms. The minimum absolute atomic E-state index is 0.00291. The van der Waals surface area contributed by atoms with Gasteiger partial charge in [-0.05, 0) is 94.3 Å². The lowest BCUT2D eigenvalue weighted by Gasteiger charge is -2.43. The largest absolute Gasteiger partial charge is 0.497 e. The van der Waals surface area contributed by atoms with Crippen molar-refractivity contribution in [2.45, 2.75) is 115 Å². The van der Waals surface area contributed by atoms with Gasteiger partial charge in [-0.1, -0.05) is 66.7 Å². The summed E-state index contributed by atoms with van der Waals surface area (Å²) in [4.78, 5) is 56.8. The van der Waals surface area contributed by atoms with Crippen LogP contribution in [0.25, 0.3) is 0 Å². The van der Waals surface area contributed by atoms with Gasteiger partial charge >= 0.3 is 18.1 Å². The second kappa shape index (κ2) is 25.3. The molecule has 0 amide bonds. The zero-order chi connectivity index (χ0) is 54.2. The minimum atomic E-state index is -4.00. The molecular weight excluding hydrogens is 1020 g/mol. The van der Waals surface area contributed by atoms with Crippen molar-refractivity contribution in [3.05, 3.63) is 186 Å². The van der Waals surface area contributed by atoms with Crippen molar-refractivity contribution in [1.29, 1.82) is 0 Å². The van der Waals surface area contributed by atoms with Crippen molar-refractivity contribution in [3.8, 4) is 11.5 Å². The van der Waals surface area contributed by atoms with Gasteiger partial charge < -0.3 is 46.7 Å². The summed E-state index contributed by atoms with van der Waals surface area (Å²) in [5, 5.41) is 13.6. The average Bonchev–Trinajstić information content (AvgIpc) is 4.00. The third-order valence-corrected chi connectivity index (χ3v) is 17.5. The molecule has 9 atom stereocenters. The van der Waals surface area contributed by atoms with Crippen LogP contribution >= 0.6 is 15.2 Å². The number of aliphatic hydroxyl groups is 1. The molecule has 75 heavy (non-hydrogen) atoms. The fourth-order valence-corrected chi connectivity index (χ4v) is 13.3. The number of methoxy groups -OCH3 is 2. The van der Waals surface area contributed by atoms with E-state index in [1.807, 2.05) is 82.3 Å². The monoisotopic (exact) mass is 1090 g/mol. The van der Waals surface area contributed by atoms with Gasteiger partial charge in [0.1, 0.15) is 48.4 Å². The molecular formula is C53H67N5O14P2S. The van der Waals surface area contributed by atoms with E-state index in [1.165, 1.54) is 27.6 Å². The Hall–Kier alpha value is -5.18. The van der Waals surface area contributed by atoms with Crippen LogP contribution in [-0.2, 0) is 49.3 Å². The summed E-state index contributed by atoms with van der Waals surface area (Å²) in [6.07, 6.45) is -1.77. The highest BCUT2D eigenvalue weighted by atomic mass is 32.5. The summed E-state index contributed by atoms with van der Waals surface area (Å²) in [5.74, 6) is 1.16. The molecule has 3 N–H and O–H groups in total. The maximum Gasteiger partial charge on any atom is 0.330 e. The van der Waals surface area contributed by atoms with Gasteiger partial charge in [0.15, 0.2) is 0 Å². The number of aromatic amines is 2. The molecule has 2 aliphatic rings. The molecule has 2 aromatic heterocycles. The summed E-state index contributed by atoms with van der Waals surface area (Å²) in [6.45, 7) is 14.7. The molecule has 3 unspecified atom stereocenters. The van der Waals surface area contributed by atoms with Crippen LogP contribution in [0.15, 0.2) is 136 Å². The standard InChI is InChI=1S/C53H67N5O14P2S/c1-11-26-66-73(58(33(3)4)34(5)6)71-42-28-45(56-30-35(7)49(60)54-51(56)62)69-44(42)32-68-74(75,67-27-12-2)72-43-29-46(57-31-36(8)50(61)55-52(57)63)70-47(43)48(59)53(37-16-14-13-15-17-37,38-18-22-40(64-9)23-19-38)39-20-24-41(65-10)25-21-39/h11-25,30-31,33-34,42-48,59H,1-2,26-29,32H2,3-10H3,(H,54,60,62)(H,55,61,63)/t42-,43-,44+,45+,46+,47-,48?,73?,74?/m0/s1. The summed E-state index contributed by atoms with van der Waals surface area (Å²) >= 11 is 6.28. The Kier molecular flexibility index (Phi) is 19.4. The molecule has 0 radical (unpaired) electrons. The van der Waals surface area contributed by atoms with Gasteiger partial charge in [-0.15, -0.1) is 13.2 Å². The molecule has 19 nitrogen and oxygen atoms in total. The van der Waals surface area contributed by atoms with Crippen LogP contribution in [0.1, 0.15) is 80.8 Å². The lowest BCUT2D eigenvalue weighted by molar-refractivity contribution is -0.0970. The van der Waals surface area contributed by atoms with E-state index in [2.05, 4.69) is 27.8 Å². The van der Waals surface area contributed by atoms with Crippen LogP contribution in [0.2, 0.25) is 0 Å². The first kappa shape index (κ1) is 57.5. The summed E-state index contributed by atoms with van der Waals surface area (Å²) in [6, 6.07) is 24.1. The Morgan fingerprint density at radius 1 is 0.760 bits per heavy atom. The van der Waals surface area contributed by atoms with Gasteiger partial charge in [-0.3, -0.25) is 28.7 Å². The highest BCUT2D eigenvalue weighted by molar-refractivity contribution is 8.07. The van der Waals surface area contributed by atoms with Crippen molar-refractivity contribution in [1.82, 2.24) is 23.8 Å². The first-order valence-electron chi connectivity index (χ1n) is 24.5. The van der Waals surface area contributed by atoms with Crippen molar-refractivity contribution < 1.29 is 46.7 Å². The summed E-state index contributed by atoms with van der Waals surface area (Å²) in [5.41, 5.74) is -1.44. The van der Waals surface area contributed by atoms with E-state index < -0.39 is 86.1 Å². The molecule has 2 fully saturated rings. The highest BCUT2D eigenvalue weighted by Crippen LogP contribution is 2.57. The number of ether oxygens (including phenoxy) is 4. The Bertz CT molecular complexity index is 2970. The molecule has 0 spiro atoms. The summed E-state index contributed by atoms with van der Waals surface area (Å²) < 4.78 is 62.3. The first-order chi connectivity index (χ1) is 35.9.